The minimum absolute atomic E-state index is 0.239. The molecule has 0 saturated heterocycles. The highest BCUT2D eigenvalue weighted by Gasteiger charge is 2.03. The largest absolute Gasteiger partial charge is 0.326 e. The Hall–Kier alpha value is -2.17. The Kier molecular flexibility index (Phi) is 3.77. The lowest BCUT2D eigenvalue weighted by Crippen LogP contribution is -2.09. The molecular formula is C11H12N2O3. The molecule has 0 atom stereocenters. The van der Waals surface area contributed by atoms with Crippen molar-refractivity contribution in [3.63, 3.8) is 0 Å². The van der Waals surface area contributed by atoms with E-state index >= 15 is 0 Å². The van der Waals surface area contributed by atoms with Gasteiger partial charge in [-0.25, -0.2) is 0 Å². The summed E-state index contributed by atoms with van der Waals surface area (Å²) >= 11 is 0. The second-order valence-corrected chi connectivity index (χ2v) is 3.32. The van der Waals surface area contributed by atoms with Crippen LogP contribution in [0.4, 0.5) is 11.4 Å². The first kappa shape index (κ1) is 11.9. The van der Waals surface area contributed by atoms with E-state index in [0.717, 1.165) is 0 Å². The van der Waals surface area contributed by atoms with Crippen molar-refractivity contribution in [2.75, 3.05) is 10.6 Å². The molecule has 0 aliphatic heterocycles. The molecule has 0 saturated carbocycles. The molecule has 0 fully saturated rings. The van der Waals surface area contributed by atoms with Crippen LogP contribution < -0.4 is 10.6 Å². The molecule has 84 valence electrons. The predicted molar refractivity (Wildman–Crippen MR) is 60.4 cm³/mol. The highest BCUT2D eigenvalue weighted by Crippen LogP contribution is 2.18. The number of hydrogen-bond acceptors (Lipinski definition) is 3. The molecule has 5 heteroatoms. The number of nitrogens with one attached hydrogen (secondary N) is 2. The lowest BCUT2D eigenvalue weighted by molar-refractivity contribution is -0.115. The number of benzene rings is 1. The van der Waals surface area contributed by atoms with Crippen molar-refractivity contribution in [1.82, 2.24) is 0 Å². The van der Waals surface area contributed by atoms with Gasteiger partial charge in [-0.1, -0.05) is 0 Å². The number of amides is 2. The monoisotopic (exact) mass is 220 g/mol. The quantitative estimate of drug-likeness (QED) is 0.756. The third kappa shape index (κ3) is 3.53. The summed E-state index contributed by atoms with van der Waals surface area (Å²) in [5.41, 5.74) is 1.33. The van der Waals surface area contributed by atoms with Gasteiger partial charge in [-0.2, -0.15) is 0 Å². The highest BCUT2D eigenvalue weighted by molar-refractivity contribution is 5.94. The standard InChI is InChI=1S/C11H12N2O3/c1-7(15)12-10-3-9(6-14)4-11(5-10)13-8(2)16/h3-6H,1-2H3,(H,12,15)(H,13,16). The van der Waals surface area contributed by atoms with Gasteiger partial charge in [0, 0.05) is 30.8 Å². The molecule has 0 bridgehead atoms. The van der Waals surface area contributed by atoms with E-state index in [0.29, 0.717) is 23.2 Å². The van der Waals surface area contributed by atoms with Gasteiger partial charge >= 0.3 is 0 Å². The smallest absolute Gasteiger partial charge is 0.221 e. The molecule has 1 aromatic carbocycles. The number of rotatable bonds is 3. The number of carbonyl (C=O) groups is 3. The third-order valence-electron chi connectivity index (χ3n) is 1.73. The maximum absolute atomic E-state index is 10.9. The molecule has 0 unspecified atom stereocenters. The average molecular weight is 220 g/mol. The zero-order valence-corrected chi connectivity index (χ0v) is 9.03. The van der Waals surface area contributed by atoms with Crippen molar-refractivity contribution in [1.29, 1.82) is 0 Å². The van der Waals surface area contributed by atoms with Crippen LogP contribution in [-0.4, -0.2) is 18.1 Å². The first-order chi connectivity index (χ1) is 7.51. The Bertz CT molecular complexity index is 407. The summed E-state index contributed by atoms with van der Waals surface area (Å²) in [6.07, 6.45) is 0.649. The molecule has 16 heavy (non-hydrogen) atoms. The van der Waals surface area contributed by atoms with Crippen LogP contribution in [0, 0.1) is 0 Å². The first-order valence-electron chi connectivity index (χ1n) is 4.66. The number of hydrogen-bond donors (Lipinski definition) is 2. The summed E-state index contributed by atoms with van der Waals surface area (Å²) in [4.78, 5) is 32.4. The van der Waals surface area contributed by atoms with Crippen LogP contribution in [0.15, 0.2) is 18.2 Å². The fraction of sp³-hybridized carbons (Fsp3) is 0.182. The van der Waals surface area contributed by atoms with Crippen LogP contribution in [-0.2, 0) is 9.59 Å². The zero-order valence-electron chi connectivity index (χ0n) is 9.03. The summed E-state index contributed by atoms with van der Waals surface area (Å²) in [5.74, 6) is -0.478. The van der Waals surface area contributed by atoms with E-state index in [2.05, 4.69) is 10.6 Å². The summed E-state index contributed by atoms with van der Waals surface area (Å²) in [6.45, 7) is 2.73. The van der Waals surface area contributed by atoms with Gasteiger partial charge in [0.05, 0.1) is 0 Å². The minimum Gasteiger partial charge on any atom is -0.326 e. The average Bonchev–Trinajstić information content (AvgIpc) is 2.14. The predicted octanol–water partition coefficient (Wildman–Crippen LogP) is 1.42. The van der Waals surface area contributed by atoms with Crippen molar-refractivity contribution in [2.24, 2.45) is 0 Å². The number of aldehydes is 1. The van der Waals surface area contributed by atoms with Crippen LogP contribution in [0.25, 0.3) is 0 Å². The maximum atomic E-state index is 10.9. The van der Waals surface area contributed by atoms with Crippen LogP contribution in [0.3, 0.4) is 0 Å². The van der Waals surface area contributed by atoms with Crippen LogP contribution in [0.5, 0.6) is 0 Å². The van der Waals surface area contributed by atoms with Crippen LogP contribution >= 0.6 is 0 Å². The summed E-state index contributed by atoms with van der Waals surface area (Å²) < 4.78 is 0. The minimum atomic E-state index is -0.239. The Labute approximate surface area is 92.8 Å². The Morgan fingerprint density at radius 2 is 1.44 bits per heavy atom. The van der Waals surface area contributed by atoms with Gasteiger partial charge in [0.2, 0.25) is 11.8 Å². The van der Waals surface area contributed by atoms with E-state index in [1.54, 1.807) is 6.07 Å². The van der Waals surface area contributed by atoms with Crippen molar-refractivity contribution in [2.45, 2.75) is 13.8 Å². The summed E-state index contributed by atoms with van der Waals surface area (Å²) in [6, 6.07) is 4.63. The fourth-order valence-electron chi connectivity index (χ4n) is 1.27. The van der Waals surface area contributed by atoms with Crippen molar-refractivity contribution in [3.8, 4) is 0 Å². The third-order valence-corrected chi connectivity index (χ3v) is 1.73. The maximum Gasteiger partial charge on any atom is 0.221 e. The molecule has 5 nitrogen and oxygen atoms in total. The molecule has 1 rings (SSSR count). The Balaban J connectivity index is 3.04. The molecule has 0 heterocycles. The normalized spacial score (nSPS) is 9.38. The van der Waals surface area contributed by atoms with Crippen LogP contribution in [0.1, 0.15) is 24.2 Å². The van der Waals surface area contributed by atoms with Crippen LogP contribution in [0.2, 0.25) is 0 Å². The molecule has 2 amide bonds. The highest BCUT2D eigenvalue weighted by atomic mass is 16.2. The summed E-state index contributed by atoms with van der Waals surface area (Å²) in [7, 11) is 0. The van der Waals surface area contributed by atoms with Gasteiger partial charge in [0.25, 0.3) is 0 Å². The molecule has 1 aromatic rings. The second kappa shape index (κ2) is 5.06. The molecule has 0 aliphatic rings. The number of carbonyl (C=O) groups excluding carboxylic acids is 3. The molecule has 2 N–H and O–H groups in total. The molecule has 0 aliphatic carbocycles. The topological polar surface area (TPSA) is 75.3 Å². The summed E-state index contributed by atoms with van der Waals surface area (Å²) in [5, 5.41) is 5.09. The molecular weight excluding hydrogens is 208 g/mol. The van der Waals surface area contributed by atoms with Crippen molar-refractivity contribution in [3.05, 3.63) is 23.8 Å². The van der Waals surface area contributed by atoms with E-state index in [4.69, 9.17) is 0 Å². The van der Waals surface area contributed by atoms with Gasteiger partial charge in [-0.05, 0) is 18.2 Å². The molecule has 0 spiro atoms. The first-order valence-corrected chi connectivity index (χ1v) is 4.66. The molecule has 0 radical (unpaired) electrons. The van der Waals surface area contributed by atoms with Gasteiger partial charge in [0.1, 0.15) is 6.29 Å². The van der Waals surface area contributed by atoms with Crippen molar-refractivity contribution < 1.29 is 14.4 Å². The Morgan fingerprint density at radius 3 is 1.75 bits per heavy atom. The lowest BCUT2D eigenvalue weighted by Gasteiger charge is -2.07. The van der Waals surface area contributed by atoms with Gasteiger partial charge in [-0.15, -0.1) is 0 Å². The molecule has 0 aromatic heterocycles. The van der Waals surface area contributed by atoms with Gasteiger partial charge in [0.15, 0.2) is 0 Å². The van der Waals surface area contributed by atoms with Gasteiger partial charge < -0.3 is 10.6 Å². The van der Waals surface area contributed by atoms with E-state index in [9.17, 15) is 14.4 Å². The Morgan fingerprint density at radius 1 is 1.00 bits per heavy atom. The lowest BCUT2D eigenvalue weighted by atomic mass is 10.2. The van der Waals surface area contributed by atoms with E-state index < -0.39 is 0 Å². The SMILES string of the molecule is CC(=O)Nc1cc(C=O)cc(NC(C)=O)c1. The van der Waals surface area contributed by atoms with Gasteiger partial charge in [-0.3, -0.25) is 14.4 Å². The second-order valence-electron chi connectivity index (χ2n) is 3.32. The van der Waals surface area contributed by atoms with E-state index in [1.807, 2.05) is 0 Å². The fourth-order valence-corrected chi connectivity index (χ4v) is 1.27. The van der Waals surface area contributed by atoms with E-state index in [1.165, 1.54) is 26.0 Å². The van der Waals surface area contributed by atoms with Crippen molar-refractivity contribution >= 4 is 29.5 Å². The zero-order chi connectivity index (χ0) is 12.1. The number of anilines is 2. The van der Waals surface area contributed by atoms with E-state index in [-0.39, 0.29) is 11.8 Å².